The van der Waals surface area contributed by atoms with Gasteiger partial charge in [0.25, 0.3) is 0 Å². The van der Waals surface area contributed by atoms with Gasteiger partial charge in [-0.05, 0) is 31.1 Å². The van der Waals surface area contributed by atoms with E-state index >= 15 is 0 Å². The summed E-state index contributed by atoms with van der Waals surface area (Å²) in [6, 6.07) is 0. The van der Waals surface area contributed by atoms with Crippen LogP contribution in [0.15, 0.2) is 0 Å². The van der Waals surface area contributed by atoms with Gasteiger partial charge in [-0.3, -0.25) is 4.79 Å². The monoisotopic (exact) mass is 783 g/mol. The number of thiocarbonyl (C=S) groups is 1. The molecule has 0 spiro atoms. The number of carbonyl (C=O) groups excluding carboxylic acids is 1. The first-order chi connectivity index (χ1) is 26.6. The highest BCUT2D eigenvalue weighted by Crippen LogP contribution is 2.15. The van der Waals surface area contributed by atoms with Crippen LogP contribution in [0.2, 0.25) is 0 Å². The lowest BCUT2D eigenvalue weighted by Gasteiger charge is -2.23. The van der Waals surface area contributed by atoms with Gasteiger partial charge in [0.05, 0.1) is 26.2 Å². The van der Waals surface area contributed by atoms with Crippen molar-refractivity contribution in [2.45, 2.75) is 239 Å². The molecule has 54 heavy (non-hydrogen) atoms. The van der Waals surface area contributed by atoms with E-state index in [1.165, 1.54) is 193 Å². The van der Waals surface area contributed by atoms with Crippen LogP contribution in [0.5, 0.6) is 0 Å². The predicted octanol–water partition coefficient (Wildman–Crippen LogP) is 14.1. The molecule has 0 bridgehead atoms. The molecule has 0 atom stereocenters. The van der Waals surface area contributed by atoms with Gasteiger partial charge in [0.15, 0.2) is 0 Å². The highest BCUT2D eigenvalue weighted by molar-refractivity contribution is 7.80. The van der Waals surface area contributed by atoms with Gasteiger partial charge >= 0.3 is 0 Å². The molecule has 0 aromatic heterocycles. The van der Waals surface area contributed by atoms with Crippen LogP contribution in [0.1, 0.15) is 239 Å². The second kappa shape index (κ2) is 46.8. The van der Waals surface area contributed by atoms with Gasteiger partial charge in [-0.2, -0.15) is 0 Å². The van der Waals surface area contributed by atoms with E-state index in [1.54, 1.807) is 0 Å². The Morgan fingerprint density at radius 3 is 1.07 bits per heavy atom. The third-order valence-corrected chi connectivity index (χ3v) is 11.0. The predicted molar refractivity (Wildman–Crippen MR) is 239 cm³/mol. The van der Waals surface area contributed by atoms with Gasteiger partial charge in [0.2, 0.25) is 5.91 Å². The number of hydroxylamine groups is 1. The van der Waals surface area contributed by atoms with Crippen molar-refractivity contribution in [3.05, 3.63) is 0 Å². The molecule has 0 aliphatic rings. The lowest BCUT2D eigenvalue weighted by molar-refractivity contribution is -0.134. The molecule has 0 unspecified atom stereocenters. The summed E-state index contributed by atoms with van der Waals surface area (Å²) < 4.78 is 11.9. The highest BCUT2D eigenvalue weighted by Gasteiger charge is 2.13. The number of amides is 1. The first-order valence-electron chi connectivity index (χ1n) is 23.9. The number of hydrogen-bond donors (Lipinski definition) is 1. The normalized spacial score (nSPS) is 11.5. The van der Waals surface area contributed by atoms with Crippen LogP contribution in [0.3, 0.4) is 0 Å². The van der Waals surface area contributed by atoms with Gasteiger partial charge in [-0.15, -0.1) is 0 Å². The lowest BCUT2D eigenvalue weighted by atomic mass is 10.0. The summed E-state index contributed by atoms with van der Waals surface area (Å²) >= 11 is 5.12. The van der Waals surface area contributed by atoms with Crippen LogP contribution < -0.4 is 5.48 Å². The van der Waals surface area contributed by atoms with Crippen LogP contribution in [0.25, 0.3) is 0 Å². The van der Waals surface area contributed by atoms with Crippen molar-refractivity contribution < 1.29 is 19.1 Å². The van der Waals surface area contributed by atoms with Crippen molar-refractivity contribution >= 4 is 23.0 Å². The second-order valence-electron chi connectivity index (χ2n) is 16.2. The second-order valence-corrected chi connectivity index (χ2v) is 16.9. The SMILES string of the molecule is CCCCCCCCCCCCCCCCCCOCCN(CCOCCCCCCCCCCCCCCCCCC)C(=O)CCONCCC(C)=S. The molecule has 0 aliphatic carbocycles. The minimum Gasteiger partial charge on any atom is -0.380 e. The number of hydrogen-bond acceptors (Lipinski definition) is 6. The topological polar surface area (TPSA) is 60.0 Å². The first-order valence-corrected chi connectivity index (χ1v) is 24.3. The van der Waals surface area contributed by atoms with Gasteiger partial charge in [-0.1, -0.05) is 219 Å². The van der Waals surface area contributed by atoms with Gasteiger partial charge in [0.1, 0.15) is 0 Å². The van der Waals surface area contributed by atoms with Crippen LogP contribution in [0, 0.1) is 0 Å². The van der Waals surface area contributed by atoms with Gasteiger partial charge in [-0.25, -0.2) is 5.48 Å². The number of carbonyl (C=O) groups is 1. The molecular formula is C47H94N2O4S. The number of unbranched alkanes of at least 4 members (excludes halogenated alkanes) is 30. The van der Waals surface area contributed by atoms with E-state index in [-0.39, 0.29) is 5.91 Å². The van der Waals surface area contributed by atoms with E-state index in [1.807, 2.05) is 11.8 Å². The number of ether oxygens (including phenoxy) is 2. The fourth-order valence-electron chi connectivity index (χ4n) is 7.09. The molecule has 7 heteroatoms. The van der Waals surface area contributed by atoms with E-state index in [9.17, 15) is 4.79 Å². The van der Waals surface area contributed by atoms with Crippen LogP contribution >= 0.6 is 12.2 Å². The number of rotatable bonds is 47. The maximum absolute atomic E-state index is 13.0. The van der Waals surface area contributed by atoms with Gasteiger partial charge < -0.3 is 19.2 Å². The third-order valence-electron chi connectivity index (χ3n) is 10.7. The third kappa shape index (κ3) is 44.1. The standard InChI is InChI=1S/C47H94N2O4S/c1-4-6-8-10-12-14-16-18-20-22-24-26-28-30-32-34-41-51-44-39-49(47(50)37-43-53-48-38-36-46(3)54)40-45-52-42-35-33-31-29-27-25-23-21-19-17-15-13-11-9-7-5-2/h48H,4-45H2,1-3H3. The van der Waals surface area contributed by atoms with E-state index in [2.05, 4.69) is 19.3 Å². The fourth-order valence-corrected chi connectivity index (χ4v) is 7.19. The summed E-state index contributed by atoms with van der Waals surface area (Å²) in [6.45, 7) is 11.5. The molecule has 0 heterocycles. The summed E-state index contributed by atoms with van der Waals surface area (Å²) in [4.78, 5) is 21.3. The van der Waals surface area contributed by atoms with Crippen LogP contribution in [0.4, 0.5) is 0 Å². The molecule has 0 saturated heterocycles. The molecule has 0 radical (unpaired) electrons. The Morgan fingerprint density at radius 2 is 0.759 bits per heavy atom. The Morgan fingerprint density at radius 1 is 0.444 bits per heavy atom. The Balaban J connectivity index is 3.90. The van der Waals surface area contributed by atoms with Crippen LogP contribution in [-0.4, -0.2) is 68.3 Å². The van der Waals surface area contributed by atoms with E-state index < -0.39 is 0 Å². The Hall–Kier alpha value is -0.600. The Bertz CT molecular complexity index is 713. The fraction of sp³-hybridized carbons (Fsp3) is 0.957. The van der Waals surface area contributed by atoms with Crippen LogP contribution in [-0.2, 0) is 19.1 Å². The molecule has 6 nitrogen and oxygen atoms in total. The number of nitrogens with one attached hydrogen (secondary N) is 1. The lowest BCUT2D eigenvalue weighted by Crippen LogP contribution is -2.37. The molecule has 322 valence electrons. The van der Waals surface area contributed by atoms with Crippen molar-refractivity contribution in [1.29, 1.82) is 0 Å². The highest BCUT2D eigenvalue weighted by atomic mass is 32.1. The van der Waals surface area contributed by atoms with Crippen molar-refractivity contribution in [1.82, 2.24) is 10.4 Å². The molecular weight excluding hydrogens is 689 g/mol. The summed E-state index contributed by atoms with van der Waals surface area (Å²) in [7, 11) is 0. The molecule has 1 amide bonds. The quantitative estimate of drug-likeness (QED) is 0.0377. The summed E-state index contributed by atoms with van der Waals surface area (Å²) in [5.74, 6) is 0.0971. The largest absolute Gasteiger partial charge is 0.380 e. The average Bonchev–Trinajstić information content (AvgIpc) is 3.16. The zero-order valence-corrected chi connectivity index (χ0v) is 37.5. The zero-order valence-electron chi connectivity index (χ0n) is 36.7. The Labute approximate surface area is 343 Å². The molecule has 0 aliphatic heterocycles. The zero-order chi connectivity index (χ0) is 39.3. The average molecular weight is 783 g/mol. The summed E-state index contributed by atoms with van der Waals surface area (Å²) in [6.07, 6.45) is 45.1. The molecule has 1 N–H and O–H groups in total. The molecule has 0 aromatic carbocycles. The van der Waals surface area contributed by atoms with Crippen molar-refractivity contribution in [3.63, 3.8) is 0 Å². The number of nitrogens with zero attached hydrogens (tertiary/aromatic N) is 1. The van der Waals surface area contributed by atoms with E-state index in [4.69, 9.17) is 26.5 Å². The van der Waals surface area contributed by atoms with E-state index in [0.717, 1.165) is 37.3 Å². The van der Waals surface area contributed by atoms with Gasteiger partial charge in [0, 0.05) is 32.8 Å². The maximum atomic E-state index is 13.0. The van der Waals surface area contributed by atoms with Crippen molar-refractivity contribution in [2.75, 3.05) is 52.7 Å². The molecule has 0 fully saturated rings. The molecule has 0 rings (SSSR count). The first kappa shape index (κ1) is 53.4. The van der Waals surface area contributed by atoms with Crippen molar-refractivity contribution in [3.8, 4) is 0 Å². The molecule has 0 aromatic rings. The minimum atomic E-state index is 0.0971. The maximum Gasteiger partial charge on any atom is 0.225 e. The molecule has 0 saturated carbocycles. The summed E-state index contributed by atoms with van der Waals surface area (Å²) in [5, 5.41) is 0. The smallest absolute Gasteiger partial charge is 0.225 e. The van der Waals surface area contributed by atoms with E-state index in [0.29, 0.717) is 45.9 Å². The van der Waals surface area contributed by atoms with Crippen molar-refractivity contribution in [2.24, 2.45) is 0 Å². The summed E-state index contributed by atoms with van der Waals surface area (Å²) in [5.41, 5.74) is 2.92. The Kier molecular flexibility index (Phi) is 46.3. The minimum absolute atomic E-state index is 0.0971.